The second-order valence-corrected chi connectivity index (χ2v) is 4.59. The van der Waals surface area contributed by atoms with Crippen LogP contribution >= 0.6 is 0 Å². The van der Waals surface area contributed by atoms with Crippen LogP contribution in [0.1, 0.15) is 24.8 Å². The Morgan fingerprint density at radius 2 is 2.33 bits per heavy atom. The number of halogens is 1. The molecule has 0 aromatic heterocycles. The van der Waals surface area contributed by atoms with E-state index in [2.05, 4.69) is 0 Å². The van der Waals surface area contributed by atoms with Crippen LogP contribution in [0.5, 0.6) is 5.75 Å². The van der Waals surface area contributed by atoms with Crippen molar-refractivity contribution in [3.05, 3.63) is 29.6 Å². The highest BCUT2D eigenvalue weighted by molar-refractivity contribution is 5.57. The van der Waals surface area contributed by atoms with Gasteiger partial charge in [0.15, 0.2) is 0 Å². The zero-order chi connectivity index (χ0) is 13.0. The summed E-state index contributed by atoms with van der Waals surface area (Å²) in [6.45, 7) is 1.26. The van der Waals surface area contributed by atoms with Crippen molar-refractivity contribution in [2.24, 2.45) is 0 Å². The number of carbonyl (C=O) groups is 1. The van der Waals surface area contributed by atoms with Gasteiger partial charge in [0.05, 0.1) is 13.2 Å². The predicted molar refractivity (Wildman–Crippen MR) is 67.1 cm³/mol. The molecule has 0 saturated carbocycles. The third kappa shape index (κ3) is 2.70. The van der Waals surface area contributed by atoms with Gasteiger partial charge in [-0.2, -0.15) is 0 Å². The summed E-state index contributed by atoms with van der Waals surface area (Å²) in [6.07, 6.45) is 3.95. The number of hydrogen-bond acceptors (Lipinski definition) is 3. The Kier molecular flexibility index (Phi) is 4.31. The molecule has 1 fully saturated rings. The Labute approximate surface area is 107 Å². The molecule has 0 unspecified atom stereocenters. The van der Waals surface area contributed by atoms with Crippen LogP contribution in [0.15, 0.2) is 18.2 Å². The average molecular weight is 251 g/mol. The Morgan fingerprint density at radius 1 is 1.50 bits per heavy atom. The van der Waals surface area contributed by atoms with Crippen molar-refractivity contribution in [1.82, 2.24) is 4.90 Å². The van der Waals surface area contributed by atoms with Crippen molar-refractivity contribution >= 4 is 6.29 Å². The molecule has 1 aromatic carbocycles. The summed E-state index contributed by atoms with van der Waals surface area (Å²) < 4.78 is 19.0. The van der Waals surface area contributed by atoms with Crippen LogP contribution in [0.4, 0.5) is 4.39 Å². The molecule has 0 radical (unpaired) electrons. The van der Waals surface area contributed by atoms with E-state index in [1.807, 2.05) is 4.90 Å². The number of hydrogen-bond donors (Lipinski definition) is 0. The van der Waals surface area contributed by atoms with E-state index >= 15 is 0 Å². The molecular formula is C14H18FNO2. The summed E-state index contributed by atoms with van der Waals surface area (Å²) in [7, 11) is 1.53. The summed E-state index contributed by atoms with van der Waals surface area (Å²) in [5.41, 5.74) is 0.536. The Bertz CT molecular complexity index is 422. The molecule has 1 aliphatic heterocycles. The third-order valence-corrected chi connectivity index (χ3v) is 3.48. The SMILES string of the molecule is COc1cccc(F)c1CN1CCCC[C@H]1C=O. The van der Waals surface area contributed by atoms with Gasteiger partial charge in [-0.25, -0.2) is 4.39 Å². The zero-order valence-electron chi connectivity index (χ0n) is 10.6. The maximum absolute atomic E-state index is 13.8. The summed E-state index contributed by atoms with van der Waals surface area (Å²) in [5, 5.41) is 0. The van der Waals surface area contributed by atoms with Gasteiger partial charge in [-0.15, -0.1) is 0 Å². The number of piperidine rings is 1. The Hall–Kier alpha value is -1.42. The van der Waals surface area contributed by atoms with Gasteiger partial charge < -0.3 is 9.53 Å². The number of benzene rings is 1. The molecule has 1 heterocycles. The molecular weight excluding hydrogens is 233 g/mol. The standard InChI is InChI=1S/C14H18FNO2/c1-18-14-7-4-6-13(15)12(14)9-16-8-3-2-5-11(16)10-17/h4,6-7,10-11H,2-3,5,8-9H2,1H3/t11-/m0/s1. The van der Waals surface area contributed by atoms with E-state index in [0.717, 1.165) is 32.1 Å². The van der Waals surface area contributed by atoms with Crippen molar-refractivity contribution in [3.63, 3.8) is 0 Å². The topological polar surface area (TPSA) is 29.5 Å². The monoisotopic (exact) mass is 251 g/mol. The van der Waals surface area contributed by atoms with Gasteiger partial charge >= 0.3 is 0 Å². The van der Waals surface area contributed by atoms with Crippen LogP contribution in [0.2, 0.25) is 0 Å². The number of nitrogens with zero attached hydrogens (tertiary/aromatic N) is 1. The van der Waals surface area contributed by atoms with Gasteiger partial charge in [0.2, 0.25) is 0 Å². The van der Waals surface area contributed by atoms with E-state index in [9.17, 15) is 9.18 Å². The van der Waals surface area contributed by atoms with E-state index in [-0.39, 0.29) is 11.9 Å². The van der Waals surface area contributed by atoms with Crippen LogP contribution in [0, 0.1) is 5.82 Å². The molecule has 0 aliphatic carbocycles. The lowest BCUT2D eigenvalue weighted by Gasteiger charge is -2.32. The second kappa shape index (κ2) is 5.96. The number of ether oxygens (including phenoxy) is 1. The number of likely N-dealkylation sites (tertiary alicyclic amines) is 1. The maximum Gasteiger partial charge on any atom is 0.137 e. The van der Waals surface area contributed by atoms with E-state index in [1.165, 1.54) is 13.2 Å². The molecule has 2 rings (SSSR count). The molecule has 3 nitrogen and oxygen atoms in total. The van der Waals surface area contributed by atoms with Crippen LogP contribution < -0.4 is 4.74 Å². The molecule has 98 valence electrons. The molecule has 0 spiro atoms. The largest absolute Gasteiger partial charge is 0.496 e. The van der Waals surface area contributed by atoms with Crippen LogP contribution in [-0.4, -0.2) is 30.9 Å². The lowest BCUT2D eigenvalue weighted by molar-refractivity contribution is -0.113. The lowest BCUT2D eigenvalue weighted by atomic mass is 10.0. The molecule has 0 N–H and O–H groups in total. The van der Waals surface area contributed by atoms with E-state index in [1.54, 1.807) is 12.1 Å². The second-order valence-electron chi connectivity index (χ2n) is 4.59. The van der Waals surface area contributed by atoms with Gasteiger partial charge in [0.25, 0.3) is 0 Å². The summed E-state index contributed by atoms with van der Waals surface area (Å²) in [4.78, 5) is 13.1. The first-order valence-electron chi connectivity index (χ1n) is 6.27. The van der Waals surface area contributed by atoms with Crippen molar-refractivity contribution in [3.8, 4) is 5.75 Å². The quantitative estimate of drug-likeness (QED) is 0.769. The number of methoxy groups -OCH3 is 1. The van der Waals surface area contributed by atoms with Crippen LogP contribution in [0.3, 0.4) is 0 Å². The van der Waals surface area contributed by atoms with Gasteiger partial charge in [0.1, 0.15) is 17.9 Å². The van der Waals surface area contributed by atoms with Gasteiger partial charge in [-0.3, -0.25) is 4.90 Å². The minimum absolute atomic E-state index is 0.0944. The van der Waals surface area contributed by atoms with Gasteiger partial charge in [-0.1, -0.05) is 12.5 Å². The van der Waals surface area contributed by atoms with Gasteiger partial charge in [-0.05, 0) is 31.5 Å². The molecule has 0 bridgehead atoms. The smallest absolute Gasteiger partial charge is 0.137 e. The predicted octanol–water partition coefficient (Wildman–Crippen LogP) is 2.39. The first-order chi connectivity index (χ1) is 8.76. The summed E-state index contributed by atoms with van der Waals surface area (Å²) in [6, 6.07) is 4.71. The third-order valence-electron chi connectivity index (χ3n) is 3.48. The highest BCUT2D eigenvalue weighted by Gasteiger charge is 2.23. The fraction of sp³-hybridized carbons (Fsp3) is 0.500. The molecule has 1 atom stereocenters. The summed E-state index contributed by atoms with van der Waals surface area (Å²) >= 11 is 0. The van der Waals surface area contributed by atoms with Crippen LogP contribution in [-0.2, 0) is 11.3 Å². The molecule has 1 aromatic rings. The maximum atomic E-state index is 13.8. The summed E-state index contributed by atoms with van der Waals surface area (Å²) in [5.74, 6) is 0.273. The molecule has 0 amide bonds. The first-order valence-corrected chi connectivity index (χ1v) is 6.27. The average Bonchev–Trinajstić information content (AvgIpc) is 2.41. The van der Waals surface area contributed by atoms with E-state index in [0.29, 0.717) is 17.9 Å². The Balaban J connectivity index is 2.19. The highest BCUT2D eigenvalue weighted by Crippen LogP contribution is 2.26. The highest BCUT2D eigenvalue weighted by atomic mass is 19.1. The van der Waals surface area contributed by atoms with Crippen molar-refractivity contribution < 1.29 is 13.9 Å². The zero-order valence-corrected chi connectivity index (χ0v) is 10.6. The number of carbonyl (C=O) groups excluding carboxylic acids is 1. The van der Waals surface area contributed by atoms with E-state index in [4.69, 9.17) is 4.74 Å². The van der Waals surface area contributed by atoms with Crippen molar-refractivity contribution in [2.75, 3.05) is 13.7 Å². The van der Waals surface area contributed by atoms with Crippen molar-refractivity contribution in [2.45, 2.75) is 31.8 Å². The van der Waals surface area contributed by atoms with E-state index < -0.39 is 0 Å². The molecule has 1 aliphatic rings. The minimum Gasteiger partial charge on any atom is -0.496 e. The lowest BCUT2D eigenvalue weighted by Crippen LogP contribution is -2.40. The first kappa shape index (κ1) is 13.0. The fourth-order valence-corrected chi connectivity index (χ4v) is 2.45. The molecule has 4 heteroatoms. The van der Waals surface area contributed by atoms with Crippen molar-refractivity contribution in [1.29, 1.82) is 0 Å². The number of aldehydes is 1. The minimum atomic E-state index is -0.274. The molecule has 18 heavy (non-hydrogen) atoms. The van der Waals surface area contributed by atoms with Crippen LogP contribution in [0.25, 0.3) is 0 Å². The fourth-order valence-electron chi connectivity index (χ4n) is 2.45. The van der Waals surface area contributed by atoms with Gasteiger partial charge in [0, 0.05) is 12.1 Å². The normalized spacial score (nSPS) is 20.7. The molecule has 1 saturated heterocycles. The Morgan fingerprint density at radius 3 is 3.06 bits per heavy atom. The number of rotatable bonds is 4.